The molecule has 4 heteroatoms. The summed E-state index contributed by atoms with van der Waals surface area (Å²) in [6, 6.07) is 25.8. The Labute approximate surface area is 177 Å². The summed E-state index contributed by atoms with van der Waals surface area (Å²) in [5.41, 5.74) is 11.6. The van der Waals surface area contributed by atoms with Gasteiger partial charge in [-0.1, -0.05) is 63.2 Å². The third-order valence-electron chi connectivity index (χ3n) is 5.35. The van der Waals surface area contributed by atoms with Crippen LogP contribution in [0.15, 0.2) is 78.9 Å². The number of hydrogen-bond donors (Lipinski definition) is 2. The summed E-state index contributed by atoms with van der Waals surface area (Å²) in [6.45, 7) is 7.23. The molecule has 0 radical (unpaired) electrons. The first-order valence-electron chi connectivity index (χ1n) is 10.2. The maximum atomic E-state index is 13.1. The van der Waals surface area contributed by atoms with E-state index in [0.29, 0.717) is 17.9 Å². The number of rotatable bonds is 4. The molecule has 0 aliphatic carbocycles. The molecule has 1 heterocycles. The largest absolute Gasteiger partial charge is 0.399 e. The van der Waals surface area contributed by atoms with Gasteiger partial charge in [-0.15, -0.1) is 0 Å². The van der Waals surface area contributed by atoms with E-state index >= 15 is 0 Å². The van der Waals surface area contributed by atoms with Crippen LogP contribution < -0.4 is 11.1 Å². The molecule has 3 N–H and O–H groups in total. The normalized spacial score (nSPS) is 11.6. The van der Waals surface area contributed by atoms with Crippen molar-refractivity contribution in [1.82, 2.24) is 4.57 Å². The molecule has 0 bridgehead atoms. The number of nitrogens with zero attached hydrogens (tertiary/aromatic N) is 1. The second-order valence-electron chi connectivity index (χ2n) is 8.70. The van der Waals surface area contributed by atoms with Crippen molar-refractivity contribution in [3.05, 3.63) is 95.7 Å². The number of para-hydroxylation sites is 1. The summed E-state index contributed by atoms with van der Waals surface area (Å²) in [7, 11) is 0. The van der Waals surface area contributed by atoms with Crippen molar-refractivity contribution in [2.75, 3.05) is 11.1 Å². The van der Waals surface area contributed by atoms with Crippen LogP contribution in [0.1, 0.15) is 42.4 Å². The lowest BCUT2D eigenvalue weighted by atomic mass is 9.87. The number of nitrogens with two attached hydrogens (primary N) is 1. The molecule has 0 fully saturated rings. The molecule has 152 valence electrons. The van der Waals surface area contributed by atoms with E-state index in [1.165, 1.54) is 5.56 Å². The summed E-state index contributed by atoms with van der Waals surface area (Å²) in [5.74, 6) is -0.137. The Balaban J connectivity index is 1.72. The van der Waals surface area contributed by atoms with Crippen molar-refractivity contribution in [1.29, 1.82) is 0 Å². The SMILES string of the molecule is CC(C)(C)c1ccc(Cn2c(C(=O)Nc3ccccc3)cc3cc(N)ccc32)cc1. The number of hydrogen-bond acceptors (Lipinski definition) is 2. The zero-order valence-corrected chi connectivity index (χ0v) is 17.6. The van der Waals surface area contributed by atoms with Gasteiger partial charge in [0.1, 0.15) is 5.69 Å². The molecule has 4 nitrogen and oxygen atoms in total. The van der Waals surface area contributed by atoms with Gasteiger partial charge in [0.2, 0.25) is 0 Å². The molecule has 0 aliphatic rings. The molecule has 0 atom stereocenters. The average Bonchev–Trinajstić information content (AvgIpc) is 3.06. The van der Waals surface area contributed by atoms with E-state index in [9.17, 15) is 4.79 Å². The Morgan fingerprint density at radius 2 is 1.63 bits per heavy atom. The molecule has 0 saturated heterocycles. The Kier molecular flexibility index (Phi) is 5.08. The number of fused-ring (bicyclic) bond motifs is 1. The van der Waals surface area contributed by atoms with E-state index in [-0.39, 0.29) is 11.3 Å². The van der Waals surface area contributed by atoms with Crippen molar-refractivity contribution in [2.45, 2.75) is 32.7 Å². The molecule has 1 amide bonds. The van der Waals surface area contributed by atoms with E-state index in [1.54, 1.807) is 0 Å². The molecule has 30 heavy (non-hydrogen) atoms. The maximum absolute atomic E-state index is 13.1. The first kappa shape index (κ1) is 19.8. The fourth-order valence-electron chi connectivity index (χ4n) is 3.66. The molecule has 4 rings (SSSR count). The predicted octanol–water partition coefficient (Wildman–Crippen LogP) is 5.82. The van der Waals surface area contributed by atoms with E-state index < -0.39 is 0 Å². The van der Waals surface area contributed by atoms with Crippen molar-refractivity contribution >= 4 is 28.2 Å². The summed E-state index contributed by atoms with van der Waals surface area (Å²) in [6.07, 6.45) is 0. The van der Waals surface area contributed by atoms with Gasteiger partial charge in [-0.25, -0.2) is 0 Å². The maximum Gasteiger partial charge on any atom is 0.272 e. The standard InChI is InChI=1S/C26H27N3O/c1-26(2,3)20-11-9-18(10-12-20)17-29-23-14-13-21(27)15-19(23)16-24(29)25(30)28-22-7-5-4-6-8-22/h4-16H,17,27H2,1-3H3,(H,28,30). The van der Waals surface area contributed by atoms with Crippen molar-refractivity contribution in [3.63, 3.8) is 0 Å². The summed E-state index contributed by atoms with van der Waals surface area (Å²) in [4.78, 5) is 13.1. The molecular weight excluding hydrogens is 370 g/mol. The Morgan fingerprint density at radius 3 is 2.30 bits per heavy atom. The summed E-state index contributed by atoms with van der Waals surface area (Å²) >= 11 is 0. The minimum absolute atomic E-state index is 0.108. The minimum atomic E-state index is -0.137. The fourth-order valence-corrected chi connectivity index (χ4v) is 3.66. The highest BCUT2D eigenvalue weighted by Crippen LogP contribution is 2.26. The molecular formula is C26H27N3O. The van der Waals surface area contributed by atoms with Crippen LogP contribution in [0.3, 0.4) is 0 Å². The fraction of sp³-hybridized carbons (Fsp3) is 0.192. The highest BCUT2D eigenvalue weighted by molar-refractivity contribution is 6.06. The number of nitrogen functional groups attached to an aromatic ring is 1. The lowest BCUT2D eigenvalue weighted by Gasteiger charge is -2.19. The quantitative estimate of drug-likeness (QED) is 0.426. The number of anilines is 2. The number of carbonyl (C=O) groups excluding carboxylic acids is 1. The van der Waals surface area contributed by atoms with Gasteiger partial charge in [0.05, 0.1) is 0 Å². The lowest BCUT2D eigenvalue weighted by molar-refractivity contribution is 0.101. The number of nitrogens with one attached hydrogen (secondary N) is 1. The summed E-state index contributed by atoms with van der Waals surface area (Å²) < 4.78 is 2.05. The Bertz CT molecular complexity index is 1180. The number of carbonyl (C=O) groups is 1. The monoisotopic (exact) mass is 397 g/mol. The predicted molar refractivity (Wildman–Crippen MR) is 125 cm³/mol. The van der Waals surface area contributed by atoms with Crippen LogP contribution >= 0.6 is 0 Å². The molecule has 0 spiro atoms. The minimum Gasteiger partial charge on any atom is -0.399 e. The van der Waals surface area contributed by atoms with Gasteiger partial charge in [-0.05, 0) is 52.9 Å². The van der Waals surface area contributed by atoms with Crippen LogP contribution in [-0.4, -0.2) is 10.5 Å². The van der Waals surface area contributed by atoms with Gasteiger partial charge >= 0.3 is 0 Å². The lowest BCUT2D eigenvalue weighted by Crippen LogP contribution is -2.17. The second kappa shape index (κ2) is 7.71. The van der Waals surface area contributed by atoms with Gasteiger partial charge in [0, 0.05) is 28.8 Å². The molecule has 0 unspecified atom stereocenters. The van der Waals surface area contributed by atoms with Gasteiger partial charge in [0.25, 0.3) is 5.91 Å². The van der Waals surface area contributed by atoms with Crippen molar-refractivity contribution < 1.29 is 4.79 Å². The van der Waals surface area contributed by atoms with Crippen LogP contribution in [0, 0.1) is 0 Å². The van der Waals surface area contributed by atoms with Gasteiger partial charge in [0.15, 0.2) is 0 Å². The Morgan fingerprint density at radius 1 is 0.933 bits per heavy atom. The van der Waals surface area contributed by atoms with Gasteiger partial charge < -0.3 is 15.6 Å². The van der Waals surface area contributed by atoms with Gasteiger partial charge in [-0.2, -0.15) is 0 Å². The van der Waals surface area contributed by atoms with Crippen LogP contribution in [0.5, 0.6) is 0 Å². The molecule has 3 aromatic carbocycles. The van der Waals surface area contributed by atoms with Crippen molar-refractivity contribution in [3.8, 4) is 0 Å². The van der Waals surface area contributed by atoms with E-state index in [4.69, 9.17) is 5.73 Å². The third kappa shape index (κ3) is 4.08. The number of benzene rings is 3. The first-order chi connectivity index (χ1) is 14.3. The van der Waals surface area contributed by atoms with Crippen LogP contribution in [0.2, 0.25) is 0 Å². The van der Waals surface area contributed by atoms with Crippen LogP contribution in [-0.2, 0) is 12.0 Å². The van der Waals surface area contributed by atoms with Crippen molar-refractivity contribution in [2.24, 2.45) is 0 Å². The summed E-state index contributed by atoms with van der Waals surface area (Å²) in [5, 5.41) is 3.96. The topological polar surface area (TPSA) is 60.0 Å². The first-order valence-corrected chi connectivity index (χ1v) is 10.2. The Hall–Kier alpha value is -3.53. The van der Waals surface area contributed by atoms with E-state index in [1.807, 2.05) is 54.6 Å². The molecule has 4 aromatic rings. The van der Waals surface area contributed by atoms with Gasteiger partial charge in [-0.3, -0.25) is 4.79 Å². The number of amides is 1. The second-order valence-corrected chi connectivity index (χ2v) is 8.70. The van der Waals surface area contributed by atoms with E-state index in [0.717, 1.165) is 22.2 Å². The van der Waals surface area contributed by atoms with Crippen LogP contribution in [0.25, 0.3) is 10.9 Å². The third-order valence-corrected chi connectivity index (χ3v) is 5.35. The highest BCUT2D eigenvalue weighted by Gasteiger charge is 2.17. The zero-order valence-electron chi connectivity index (χ0n) is 17.6. The number of aromatic nitrogens is 1. The van der Waals surface area contributed by atoms with E-state index in [2.05, 4.69) is 54.9 Å². The molecule has 1 aromatic heterocycles. The smallest absolute Gasteiger partial charge is 0.272 e. The molecule has 0 saturated carbocycles. The molecule has 0 aliphatic heterocycles. The average molecular weight is 398 g/mol. The highest BCUT2D eigenvalue weighted by atomic mass is 16.1. The van der Waals surface area contributed by atoms with Crippen LogP contribution in [0.4, 0.5) is 11.4 Å². The zero-order chi connectivity index (χ0) is 21.3.